The highest BCUT2D eigenvalue weighted by Gasteiger charge is 2.15. The molecule has 0 fully saturated rings. The van der Waals surface area contributed by atoms with E-state index in [9.17, 15) is 4.79 Å². The van der Waals surface area contributed by atoms with Gasteiger partial charge in [0, 0.05) is 6.54 Å². The maximum absolute atomic E-state index is 11.7. The van der Waals surface area contributed by atoms with Crippen LogP contribution in [0.1, 0.15) is 38.3 Å². The lowest BCUT2D eigenvalue weighted by atomic mass is 10.1. The fraction of sp³-hybridized carbons (Fsp3) is 0.435. The maximum Gasteiger partial charge on any atom is 0.407 e. The molecule has 0 aliphatic carbocycles. The van der Waals surface area contributed by atoms with Crippen LogP contribution < -0.4 is 20.5 Å². The maximum atomic E-state index is 11.7. The molecule has 0 unspecified atom stereocenters. The Balaban J connectivity index is 1.85. The van der Waals surface area contributed by atoms with E-state index >= 15 is 0 Å². The van der Waals surface area contributed by atoms with E-state index in [0.29, 0.717) is 19.7 Å². The minimum Gasteiger partial charge on any atom is -0.494 e. The second kappa shape index (κ2) is 10.7. The van der Waals surface area contributed by atoms with Gasteiger partial charge in [-0.15, -0.1) is 0 Å². The first-order valence-corrected chi connectivity index (χ1v) is 9.94. The monoisotopic (exact) mass is 400 g/mol. The standard InChI is InChI=1S/C23H32N2O4/c1-17-16-18(12-14-25-22(26)29-23(2,3)4)6-11-21(17)28-20-9-7-19(8-10-20)27-15-5-13-24/h6-11,16H,5,12-15,24H2,1-4H3,(H,25,26). The summed E-state index contributed by atoms with van der Waals surface area (Å²) in [4.78, 5) is 11.7. The number of alkyl carbamates (subject to hydrolysis) is 1. The van der Waals surface area contributed by atoms with Gasteiger partial charge in [0.15, 0.2) is 0 Å². The van der Waals surface area contributed by atoms with Crippen molar-refractivity contribution in [3.8, 4) is 17.2 Å². The van der Waals surface area contributed by atoms with Crippen molar-refractivity contribution in [1.29, 1.82) is 0 Å². The Kier molecular flexibility index (Phi) is 8.34. The minimum absolute atomic E-state index is 0.398. The molecule has 0 radical (unpaired) electrons. The molecule has 3 N–H and O–H groups in total. The summed E-state index contributed by atoms with van der Waals surface area (Å²) in [5.41, 5.74) is 7.12. The molecule has 2 rings (SSSR count). The van der Waals surface area contributed by atoms with Crippen LogP contribution in [-0.4, -0.2) is 31.4 Å². The van der Waals surface area contributed by atoms with Crippen molar-refractivity contribution in [2.45, 2.75) is 46.1 Å². The third-order valence-electron chi connectivity index (χ3n) is 3.99. The lowest BCUT2D eigenvalue weighted by Gasteiger charge is -2.19. The van der Waals surface area contributed by atoms with Gasteiger partial charge >= 0.3 is 6.09 Å². The summed E-state index contributed by atoms with van der Waals surface area (Å²) in [7, 11) is 0. The highest BCUT2D eigenvalue weighted by Crippen LogP contribution is 2.27. The molecule has 0 aliphatic rings. The molecule has 6 heteroatoms. The number of amides is 1. The van der Waals surface area contributed by atoms with E-state index in [2.05, 4.69) is 11.4 Å². The van der Waals surface area contributed by atoms with Crippen molar-refractivity contribution in [3.63, 3.8) is 0 Å². The highest BCUT2D eigenvalue weighted by molar-refractivity contribution is 5.67. The van der Waals surface area contributed by atoms with E-state index in [1.54, 1.807) is 0 Å². The molecule has 0 bridgehead atoms. The number of aryl methyl sites for hydroxylation is 1. The molecular weight excluding hydrogens is 368 g/mol. The van der Waals surface area contributed by atoms with Crippen molar-refractivity contribution in [1.82, 2.24) is 5.32 Å². The first kappa shape index (κ1) is 22.6. The zero-order chi connectivity index (χ0) is 21.3. The van der Waals surface area contributed by atoms with Crippen LogP contribution in [0, 0.1) is 6.92 Å². The molecule has 0 aromatic heterocycles. The number of rotatable bonds is 9. The van der Waals surface area contributed by atoms with E-state index < -0.39 is 11.7 Å². The Morgan fingerprint density at radius 3 is 2.38 bits per heavy atom. The number of hydrogen-bond acceptors (Lipinski definition) is 5. The van der Waals surface area contributed by atoms with Crippen LogP contribution in [0.5, 0.6) is 17.2 Å². The predicted octanol–water partition coefficient (Wildman–Crippen LogP) is 4.58. The van der Waals surface area contributed by atoms with E-state index in [1.807, 2.05) is 64.1 Å². The molecule has 2 aromatic carbocycles. The van der Waals surface area contributed by atoms with Crippen LogP contribution in [0.3, 0.4) is 0 Å². The van der Waals surface area contributed by atoms with Crippen LogP contribution >= 0.6 is 0 Å². The summed E-state index contributed by atoms with van der Waals surface area (Å²) in [6, 6.07) is 13.6. The Hall–Kier alpha value is -2.73. The Bertz CT molecular complexity index is 782. The average molecular weight is 401 g/mol. The SMILES string of the molecule is Cc1cc(CCNC(=O)OC(C)(C)C)ccc1Oc1ccc(OCCCN)cc1. The predicted molar refractivity (Wildman–Crippen MR) is 115 cm³/mol. The third-order valence-corrected chi connectivity index (χ3v) is 3.99. The van der Waals surface area contributed by atoms with Crippen molar-refractivity contribution in [2.24, 2.45) is 5.73 Å². The second-order valence-corrected chi connectivity index (χ2v) is 7.84. The van der Waals surface area contributed by atoms with E-state index in [1.165, 1.54) is 0 Å². The molecule has 0 atom stereocenters. The van der Waals surface area contributed by atoms with Gasteiger partial charge in [-0.25, -0.2) is 4.79 Å². The highest BCUT2D eigenvalue weighted by atomic mass is 16.6. The molecule has 2 aromatic rings. The molecule has 0 heterocycles. The van der Waals surface area contributed by atoms with Gasteiger partial charge < -0.3 is 25.3 Å². The summed E-state index contributed by atoms with van der Waals surface area (Å²) in [5.74, 6) is 2.35. The molecule has 158 valence electrons. The lowest BCUT2D eigenvalue weighted by Crippen LogP contribution is -2.33. The molecule has 1 amide bonds. The normalized spacial score (nSPS) is 11.1. The van der Waals surface area contributed by atoms with Gasteiger partial charge in [-0.3, -0.25) is 0 Å². The number of hydrogen-bond donors (Lipinski definition) is 2. The van der Waals surface area contributed by atoms with Crippen LogP contribution in [0.25, 0.3) is 0 Å². The van der Waals surface area contributed by atoms with Crippen molar-refractivity contribution >= 4 is 6.09 Å². The van der Waals surface area contributed by atoms with Crippen LogP contribution in [0.15, 0.2) is 42.5 Å². The summed E-state index contributed by atoms with van der Waals surface area (Å²) in [6.45, 7) is 9.28. The molecule has 29 heavy (non-hydrogen) atoms. The van der Waals surface area contributed by atoms with Gasteiger partial charge in [-0.1, -0.05) is 12.1 Å². The van der Waals surface area contributed by atoms with Gasteiger partial charge in [0.05, 0.1) is 6.61 Å². The topological polar surface area (TPSA) is 82.8 Å². The molecular formula is C23H32N2O4. The van der Waals surface area contributed by atoms with Crippen molar-refractivity contribution < 1.29 is 19.0 Å². The second-order valence-electron chi connectivity index (χ2n) is 7.84. The average Bonchev–Trinajstić information content (AvgIpc) is 2.64. The van der Waals surface area contributed by atoms with Crippen LogP contribution in [0.2, 0.25) is 0 Å². The van der Waals surface area contributed by atoms with Gasteiger partial charge in [0.1, 0.15) is 22.8 Å². The van der Waals surface area contributed by atoms with Gasteiger partial charge in [0.2, 0.25) is 0 Å². The first-order valence-electron chi connectivity index (χ1n) is 9.94. The van der Waals surface area contributed by atoms with Crippen LogP contribution in [0.4, 0.5) is 4.79 Å². The van der Waals surface area contributed by atoms with E-state index in [0.717, 1.165) is 41.2 Å². The van der Waals surface area contributed by atoms with E-state index in [4.69, 9.17) is 19.9 Å². The summed E-state index contributed by atoms with van der Waals surface area (Å²) in [6.07, 6.45) is 1.15. The number of nitrogens with one attached hydrogen (secondary N) is 1. The fourth-order valence-electron chi connectivity index (χ4n) is 2.61. The van der Waals surface area contributed by atoms with Crippen molar-refractivity contribution in [2.75, 3.05) is 19.7 Å². The zero-order valence-corrected chi connectivity index (χ0v) is 17.8. The number of carbonyl (C=O) groups excluding carboxylic acids is 1. The number of nitrogens with two attached hydrogens (primary N) is 1. The van der Waals surface area contributed by atoms with Gasteiger partial charge in [0.25, 0.3) is 0 Å². The zero-order valence-electron chi connectivity index (χ0n) is 17.8. The van der Waals surface area contributed by atoms with Crippen LogP contribution in [-0.2, 0) is 11.2 Å². The Morgan fingerprint density at radius 1 is 1.07 bits per heavy atom. The molecule has 6 nitrogen and oxygen atoms in total. The Morgan fingerprint density at radius 2 is 1.76 bits per heavy atom. The van der Waals surface area contributed by atoms with E-state index in [-0.39, 0.29) is 0 Å². The Labute approximate surface area is 173 Å². The first-order chi connectivity index (χ1) is 13.8. The van der Waals surface area contributed by atoms with Gasteiger partial charge in [-0.05, 0) is 88.5 Å². The summed E-state index contributed by atoms with van der Waals surface area (Å²) >= 11 is 0. The fourth-order valence-corrected chi connectivity index (χ4v) is 2.61. The largest absolute Gasteiger partial charge is 0.494 e. The molecule has 0 spiro atoms. The molecule has 0 saturated heterocycles. The summed E-state index contributed by atoms with van der Waals surface area (Å²) in [5, 5.41) is 2.77. The lowest BCUT2D eigenvalue weighted by molar-refractivity contribution is 0.0528. The summed E-state index contributed by atoms with van der Waals surface area (Å²) < 4.78 is 16.8. The smallest absolute Gasteiger partial charge is 0.407 e. The quantitative estimate of drug-likeness (QED) is 0.602. The number of carbonyl (C=O) groups is 1. The third kappa shape index (κ3) is 8.44. The molecule has 0 aliphatic heterocycles. The number of ether oxygens (including phenoxy) is 3. The van der Waals surface area contributed by atoms with Gasteiger partial charge in [-0.2, -0.15) is 0 Å². The van der Waals surface area contributed by atoms with Crippen molar-refractivity contribution in [3.05, 3.63) is 53.6 Å². The number of benzene rings is 2. The minimum atomic E-state index is -0.492. The molecule has 0 saturated carbocycles.